The van der Waals surface area contributed by atoms with Crippen LogP contribution in [0.5, 0.6) is 23.0 Å². The lowest BCUT2D eigenvalue weighted by Gasteiger charge is -2.33. The molecule has 4 aliphatic rings. The number of methoxy groups -OCH3 is 3. The van der Waals surface area contributed by atoms with Crippen molar-refractivity contribution in [2.45, 2.75) is 37.8 Å². The normalized spacial score (nSPS) is 21.4. The lowest BCUT2D eigenvalue weighted by atomic mass is 9.94. The number of fused-ring (bicyclic) bond motifs is 2. The molecule has 242 valence electrons. The van der Waals surface area contributed by atoms with E-state index in [-0.39, 0.29) is 43.2 Å². The number of amides is 2. The SMILES string of the molecule is COc1ccc(OC[C@H](O)CN=C2C=CCC(=O)C2=C2Cc3cc4c(cc3N2)C(=O)N(C2CCN(C)CC2)C4=O)c(OC)c1OC. The van der Waals surface area contributed by atoms with Crippen LogP contribution in [0.2, 0.25) is 0 Å². The maximum absolute atomic E-state index is 13.4. The molecule has 0 bridgehead atoms. The molecule has 0 spiro atoms. The summed E-state index contributed by atoms with van der Waals surface area (Å²) >= 11 is 0. The number of ether oxygens (including phenoxy) is 4. The molecule has 0 saturated carbocycles. The fraction of sp³-hybridized carbons (Fsp3) is 0.412. The molecule has 0 unspecified atom stereocenters. The summed E-state index contributed by atoms with van der Waals surface area (Å²) in [5.41, 5.74) is 3.87. The molecular weight excluding hydrogens is 592 g/mol. The standard InChI is InChI=1S/C34H38N4O8/c1-37-12-10-20(11-13-37)38-33(41)22-14-19-15-26(36-25(19)16-23(22)34(38)42)30-24(6-5-7-27(30)40)35-17-21(39)18-46-29-9-8-28(43-2)31(44-3)32(29)45-4/h5-6,8-9,14,16,20-21,36,39H,7,10-13,15,17-18H2,1-4H3/t21-/m1/s1. The number of allylic oxidation sites excluding steroid dienone is 4. The minimum atomic E-state index is -0.983. The topological polar surface area (TPSA) is 139 Å². The zero-order valence-electron chi connectivity index (χ0n) is 26.4. The number of ketones is 1. The molecule has 12 heteroatoms. The fourth-order valence-electron chi connectivity index (χ4n) is 6.44. The van der Waals surface area contributed by atoms with Crippen LogP contribution < -0.4 is 24.3 Å². The summed E-state index contributed by atoms with van der Waals surface area (Å²) in [6, 6.07) is 6.76. The van der Waals surface area contributed by atoms with Crippen LogP contribution in [0, 0.1) is 0 Å². The first-order valence-corrected chi connectivity index (χ1v) is 15.3. The van der Waals surface area contributed by atoms with Crippen molar-refractivity contribution in [3.05, 3.63) is 64.4 Å². The molecular formula is C34H38N4O8. The number of hydrogen-bond acceptors (Lipinski definition) is 11. The van der Waals surface area contributed by atoms with E-state index in [1.54, 1.807) is 36.4 Å². The van der Waals surface area contributed by atoms with Crippen LogP contribution in [0.25, 0.3) is 0 Å². The van der Waals surface area contributed by atoms with Gasteiger partial charge >= 0.3 is 0 Å². The van der Waals surface area contributed by atoms with Gasteiger partial charge in [0.15, 0.2) is 17.3 Å². The number of imide groups is 1. The quantitative estimate of drug-likeness (QED) is 0.314. The second kappa shape index (κ2) is 13.0. The van der Waals surface area contributed by atoms with Crippen LogP contribution in [-0.4, -0.2) is 105 Å². The van der Waals surface area contributed by atoms with E-state index in [1.165, 1.54) is 26.2 Å². The summed E-state index contributed by atoms with van der Waals surface area (Å²) in [6.07, 6.45) is 4.66. The number of likely N-dealkylation sites (tertiary alicyclic amines) is 1. The number of aliphatic imine (C=N–C) groups is 1. The van der Waals surface area contributed by atoms with Crippen LogP contribution in [0.4, 0.5) is 5.69 Å². The molecule has 46 heavy (non-hydrogen) atoms. The summed E-state index contributed by atoms with van der Waals surface area (Å²) in [7, 11) is 6.54. The minimum Gasteiger partial charge on any atom is -0.493 e. The van der Waals surface area contributed by atoms with Crippen molar-refractivity contribution in [3.63, 3.8) is 0 Å². The Bertz CT molecular complexity index is 1620. The third kappa shape index (κ3) is 5.74. The van der Waals surface area contributed by atoms with Crippen LogP contribution >= 0.6 is 0 Å². The van der Waals surface area contributed by atoms with Gasteiger partial charge in [0.25, 0.3) is 11.8 Å². The van der Waals surface area contributed by atoms with E-state index in [9.17, 15) is 19.5 Å². The minimum absolute atomic E-state index is 0.0175. The average molecular weight is 631 g/mol. The molecule has 2 amide bonds. The first-order valence-electron chi connectivity index (χ1n) is 15.3. The molecule has 1 aliphatic carbocycles. The van der Waals surface area contributed by atoms with Crippen LogP contribution in [-0.2, 0) is 11.2 Å². The van der Waals surface area contributed by atoms with E-state index in [0.29, 0.717) is 63.2 Å². The van der Waals surface area contributed by atoms with Crippen molar-refractivity contribution in [3.8, 4) is 23.0 Å². The Hall–Kier alpha value is -4.68. The molecule has 2 aromatic rings. The maximum atomic E-state index is 13.4. The number of carbonyl (C=O) groups is 3. The molecule has 2 aromatic carbocycles. The van der Waals surface area contributed by atoms with Crippen molar-refractivity contribution >= 4 is 29.0 Å². The molecule has 2 N–H and O–H groups in total. The molecule has 1 atom stereocenters. The first kappa shape index (κ1) is 31.3. The van der Waals surface area contributed by atoms with Gasteiger partial charge in [0.2, 0.25) is 11.5 Å². The highest BCUT2D eigenvalue weighted by molar-refractivity contribution is 6.29. The lowest BCUT2D eigenvalue weighted by Crippen LogP contribution is -2.46. The van der Waals surface area contributed by atoms with E-state index < -0.39 is 6.10 Å². The van der Waals surface area contributed by atoms with Crippen molar-refractivity contribution in [2.24, 2.45) is 4.99 Å². The highest BCUT2D eigenvalue weighted by Gasteiger charge is 2.42. The third-order valence-electron chi connectivity index (χ3n) is 8.84. The van der Waals surface area contributed by atoms with Gasteiger partial charge in [0, 0.05) is 30.3 Å². The Morgan fingerprint density at radius 3 is 2.35 bits per heavy atom. The molecule has 3 heterocycles. The zero-order valence-corrected chi connectivity index (χ0v) is 26.4. The predicted molar refractivity (Wildman–Crippen MR) is 170 cm³/mol. The number of rotatable bonds is 9. The number of benzene rings is 2. The second-order valence-corrected chi connectivity index (χ2v) is 11.8. The van der Waals surface area contributed by atoms with E-state index in [1.807, 2.05) is 7.05 Å². The van der Waals surface area contributed by atoms with Gasteiger partial charge in [-0.1, -0.05) is 6.08 Å². The molecule has 6 rings (SSSR count). The number of aliphatic hydroxyl groups is 1. The smallest absolute Gasteiger partial charge is 0.261 e. The number of carbonyl (C=O) groups excluding carboxylic acids is 3. The van der Waals surface area contributed by atoms with Crippen LogP contribution in [0.15, 0.2) is 52.7 Å². The van der Waals surface area contributed by atoms with Gasteiger partial charge in [-0.2, -0.15) is 0 Å². The first-order chi connectivity index (χ1) is 22.2. The van der Waals surface area contributed by atoms with Gasteiger partial charge < -0.3 is 34.3 Å². The molecule has 12 nitrogen and oxygen atoms in total. The Kier molecular flexibility index (Phi) is 8.83. The molecule has 1 saturated heterocycles. The number of piperidine rings is 1. The summed E-state index contributed by atoms with van der Waals surface area (Å²) in [6.45, 7) is 1.58. The monoisotopic (exact) mass is 630 g/mol. The van der Waals surface area contributed by atoms with E-state index in [2.05, 4.69) is 15.2 Å². The van der Waals surface area contributed by atoms with Crippen molar-refractivity contribution < 1.29 is 38.4 Å². The van der Waals surface area contributed by atoms with Gasteiger partial charge in [-0.25, -0.2) is 0 Å². The molecule has 0 aromatic heterocycles. The van der Waals surface area contributed by atoms with Gasteiger partial charge in [-0.3, -0.25) is 24.3 Å². The number of anilines is 1. The molecule has 3 aliphatic heterocycles. The number of nitrogens with one attached hydrogen (secondary N) is 1. The summed E-state index contributed by atoms with van der Waals surface area (Å²) in [5, 5.41) is 14.1. The number of hydrogen-bond donors (Lipinski definition) is 2. The van der Waals surface area contributed by atoms with Crippen LogP contribution in [0.3, 0.4) is 0 Å². The van der Waals surface area contributed by atoms with Gasteiger partial charge in [-0.05, 0) is 68.9 Å². The van der Waals surface area contributed by atoms with Crippen molar-refractivity contribution in [1.82, 2.24) is 9.80 Å². The average Bonchev–Trinajstić information content (AvgIpc) is 3.58. The largest absolute Gasteiger partial charge is 0.493 e. The Morgan fingerprint density at radius 1 is 0.978 bits per heavy atom. The molecule has 1 fully saturated rings. The van der Waals surface area contributed by atoms with Gasteiger partial charge in [0.05, 0.1) is 50.3 Å². The van der Waals surface area contributed by atoms with E-state index >= 15 is 0 Å². The number of nitrogens with zero attached hydrogens (tertiary/aromatic N) is 3. The maximum Gasteiger partial charge on any atom is 0.261 e. The predicted octanol–water partition coefficient (Wildman–Crippen LogP) is 3.03. The molecule has 0 radical (unpaired) electrons. The second-order valence-electron chi connectivity index (χ2n) is 11.8. The Morgan fingerprint density at radius 2 is 1.65 bits per heavy atom. The van der Waals surface area contributed by atoms with E-state index in [0.717, 1.165) is 31.5 Å². The fourth-order valence-corrected chi connectivity index (χ4v) is 6.44. The van der Waals surface area contributed by atoms with E-state index in [4.69, 9.17) is 18.9 Å². The third-order valence-corrected chi connectivity index (χ3v) is 8.84. The highest BCUT2D eigenvalue weighted by atomic mass is 16.5. The lowest BCUT2D eigenvalue weighted by molar-refractivity contribution is -0.114. The number of aliphatic hydroxyl groups excluding tert-OH is 1. The number of Topliss-reactive ketones (excluding diaryl/α,β-unsaturated/α-hetero) is 1. The summed E-state index contributed by atoms with van der Waals surface area (Å²) in [4.78, 5) is 48.1. The van der Waals surface area contributed by atoms with Gasteiger partial charge in [-0.15, -0.1) is 0 Å². The van der Waals surface area contributed by atoms with Gasteiger partial charge in [0.1, 0.15) is 12.7 Å². The summed E-state index contributed by atoms with van der Waals surface area (Å²) in [5.74, 6) is 0.939. The Labute approximate surface area is 267 Å². The summed E-state index contributed by atoms with van der Waals surface area (Å²) < 4.78 is 22.0. The van der Waals surface area contributed by atoms with Crippen molar-refractivity contribution in [1.29, 1.82) is 0 Å². The zero-order chi connectivity index (χ0) is 32.5. The van der Waals surface area contributed by atoms with Crippen LogP contribution in [0.1, 0.15) is 45.5 Å². The van der Waals surface area contributed by atoms with Crippen molar-refractivity contribution in [2.75, 3.05) is 59.9 Å². The Balaban J connectivity index is 1.17. The highest BCUT2D eigenvalue weighted by Crippen LogP contribution is 2.44.